The maximum atomic E-state index is 10.8. The average molecular weight is 184 g/mol. The van der Waals surface area contributed by atoms with E-state index in [1.54, 1.807) is 7.85 Å². The Morgan fingerprint density at radius 2 is 1.92 bits per heavy atom. The highest BCUT2D eigenvalue weighted by Crippen LogP contribution is 2.32. The summed E-state index contributed by atoms with van der Waals surface area (Å²) in [7, 11) is 1.79. The summed E-state index contributed by atoms with van der Waals surface area (Å²) in [6.07, 6.45) is 2.15. The van der Waals surface area contributed by atoms with Crippen LogP contribution in [0.1, 0.15) is 26.7 Å². The van der Waals surface area contributed by atoms with Crippen molar-refractivity contribution < 1.29 is 14.6 Å². The van der Waals surface area contributed by atoms with E-state index in [0.717, 1.165) is 12.8 Å². The molecule has 0 aromatic rings. The average Bonchev–Trinajstić information content (AvgIpc) is 2.01. The number of rotatable bonds is 2. The Hall–Kier alpha value is -0.505. The van der Waals surface area contributed by atoms with Gasteiger partial charge in [-0.05, 0) is 32.6 Å². The van der Waals surface area contributed by atoms with Crippen molar-refractivity contribution in [3.8, 4) is 0 Å². The minimum atomic E-state index is -0.689. The molecule has 1 saturated heterocycles. The third kappa shape index (κ3) is 2.73. The molecular weight excluding hydrogens is 167 g/mol. The predicted molar refractivity (Wildman–Crippen MR) is 52.7 cm³/mol. The summed E-state index contributed by atoms with van der Waals surface area (Å²) in [5, 5.41) is 8.87. The molecule has 1 N–H and O–H groups in total. The van der Waals surface area contributed by atoms with Crippen LogP contribution >= 0.6 is 0 Å². The number of carboxylic acid groups (broad SMARTS) is 1. The zero-order valence-corrected chi connectivity index (χ0v) is 8.49. The van der Waals surface area contributed by atoms with Crippen molar-refractivity contribution in [1.29, 1.82) is 0 Å². The Kier molecular flexibility index (Phi) is 3.36. The molecule has 0 radical (unpaired) electrons. The summed E-state index contributed by atoms with van der Waals surface area (Å²) in [6.45, 7) is 4.02. The van der Waals surface area contributed by atoms with E-state index in [4.69, 9.17) is 9.84 Å². The summed E-state index contributed by atoms with van der Waals surface area (Å²) in [5.74, 6) is -0.656. The van der Waals surface area contributed by atoms with Crippen LogP contribution in [-0.4, -0.2) is 31.1 Å². The Balaban J connectivity index is 2.54. The van der Waals surface area contributed by atoms with E-state index in [0.29, 0.717) is 0 Å². The fourth-order valence-electron chi connectivity index (χ4n) is 2.07. The Morgan fingerprint density at radius 1 is 1.46 bits per heavy atom. The van der Waals surface area contributed by atoms with Gasteiger partial charge in [-0.2, -0.15) is 0 Å². The van der Waals surface area contributed by atoms with E-state index >= 15 is 0 Å². The number of carbonyl (C=O) groups is 1. The van der Waals surface area contributed by atoms with Crippen molar-refractivity contribution in [3.05, 3.63) is 0 Å². The van der Waals surface area contributed by atoms with Crippen LogP contribution in [-0.2, 0) is 9.53 Å². The monoisotopic (exact) mass is 184 g/mol. The zero-order chi connectivity index (χ0) is 10.0. The smallest absolute Gasteiger partial charge is 0.298 e. The molecule has 0 saturated carbocycles. The molecule has 0 aromatic carbocycles. The van der Waals surface area contributed by atoms with Gasteiger partial charge in [0.15, 0.2) is 0 Å². The summed E-state index contributed by atoms with van der Waals surface area (Å²) < 4.78 is 5.55. The number of aliphatic carboxylic acids is 1. The fourth-order valence-corrected chi connectivity index (χ4v) is 2.07. The molecule has 3 nitrogen and oxygen atoms in total. The minimum Gasteiger partial charge on any atom is -0.482 e. The van der Waals surface area contributed by atoms with E-state index in [-0.39, 0.29) is 23.9 Å². The van der Waals surface area contributed by atoms with Gasteiger partial charge in [0.1, 0.15) is 7.85 Å². The van der Waals surface area contributed by atoms with Gasteiger partial charge in [0.05, 0.1) is 12.2 Å². The molecule has 0 bridgehead atoms. The summed E-state index contributed by atoms with van der Waals surface area (Å²) in [5.41, 5.74) is 0. The first-order chi connectivity index (χ1) is 6.00. The summed E-state index contributed by atoms with van der Waals surface area (Å²) >= 11 is 0. The first-order valence-corrected chi connectivity index (χ1v) is 4.89. The van der Waals surface area contributed by atoms with Crippen molar-refractivity contribution in [1.82, 2.24) is 0 Å². The lowest BCUT2D eigenvalue weighted by atomic mass is 9.71. The molecule has 4 heteroatoms. The third-order valence-electron chi connectivity index (χ3n) is 2.83. The molecule has 1 unspecified atom stereocenters. The number of carboxylic acids is 1. The van der Waals surface area contributed by atoms with Gasteiger partial charge >= 0.3 is 0 Å². The molecule has 1 heterocycles. The van der Waals surface area contributed by atoms with Gasteiger partial charge in [0.25, 0.3) is 5.97 Å². The van der Waals surface area contributed by atoms with Crippen LogP contribution in [0.25, 0.3) is 0 Å². The standard InChI is InChI=1S/C9H17BO3/c1-5-3-7(4-6(2)13-5)8(10)9(11)12/h5-8H,3-4,10H2,1-2H3,(H,11,12)/t5-,6+,7?,8-/m0/s1. The Labute approximate surface area is 79.9 Å². The maximum Gasteiger partial charge on any atom is 0.298 e. The number of hydrogen-bond acceptors (Lipinski definition) is 2. The number of hydrogen-bond donors (Lipinski definition) is 1. The molecular formula is C9H17BO3. The van der Waals surface area contributed by atoms with E-state index in [2.05, 4.69) is 0 Å². The molecule has 1 aliphatic rings. The van der Waals surface area contributed by atoms with Gasteiger partial charge < -0.3 is 9.84 Å². The normalized spacial score (nSPS) is 36.9. The Morgan fingerprint density at radius 3 is 2.31 bits per heavy atom. The number of ether oxygens (including phenoxy) is 1. The highest BCUT2D eigenvalue weighted by molar-refractivity contribution is 6.22. The van der Waals surface area contributed by atoms with Crippen molar-refractivity contribution in [3.63, 3.8) is 0 Å². The van der Waals surface area contributed by atoms with Crippen molar-refractivity contribution in [2.45, 2.75) is 44.7 Å². The molecule has 0 aromatic heterocycles. The van der Waals surface area contributed by atoms with Crippen molar-refractivity contribution in [2.24, 2.45) is 5.92 Å². The van der Waals surface area contributed by atoms with E-state index in [9.17, 15) is 4.79 Å². The molecule has 4 atom stereocenters. The largest absolute Gasteiger partial charge is 0.482 e. The molecule has 74 valence electrons. The lowest BCUT2D eigenvalue weighted by Crippen LogP contribution is -2.33. The minimum absolute atomic E-state index is 0.204. The van der Waals surface area contributed by atoms with Gasteiger partial charge in [-0.3, -0.25) is 4.79 Å². The van der Waals surface area contributed by atoms with Gasteiger partial charge in [-0.15, -0.1) is 0 Å². The molecule has 1 aliphatic heterocycles. The van der Waals surface area contributed by atoms with Crippen LogP contribution in [0.4, 0.5) is 0 Å². The van der Waals surface area contributed by atoms with Crippen LogP contribution in [0, 0.1) is 5.92 Å². The maximum absolute atomic E-state index is 10.8. The molecule has 0 amide bonds. The first kappa shape index (κ1) is 10.6. The van der Waals surface area contributed by atoms with Crippen LogP contribution < -0.4 is 0 Å². The topological polar surface area (TPSA) is 46.5 Å². The molecule has 13 heavy (non-hydrogen) atoms. The van der Waals surface area contributed by atoms with Gasteiger partial charge in [0.2, 0.25) is 0 Å². The second-order valence-electron chi connectivity index (χ2n) is 4.12. The Bertz CT molecular complexity index is 185. The molecule has 1 rings (SSSR count). The van der Waals surface area contributed by atoms with E-state index in [1.165, 1.54) is 0 Å². The molecule has 1 fully saturated rings. The van der Waals surface area contributed by atoms with E-state index < -0.39 is 5.97 Å². The van der Waals surface area contributed by atoms with Crippen LogP contribution in [0.2, 0.25) is 5.82 Å². The second-order valence-corrected chi connectivity index (χ2v) is 4.12. The third-order valence-corrected chi connectivity index (χ3v) is 2.83. The zero-order valence-electron chi connectivity index (χ0n) is 8.49. The lowest BCUT2D eigenvalue weighted by molar-refractivity contribution is -0.139. The molecule has 0 aliphatic carbocycles. The van der Waals surface area contributed by atoms with Crippen LogP contribution in [0.5, 0.6) is 0 Å². The highest BCUT2D eigenvalue weighted by atomic mass is 16.5. The fraction of sp³-hybridized carbons (Fsp3) is 0.889. The van der Waals surface area contributed by atoms with Gasteiger partial charge in [-0.25, -0.2) is 0 Å². The first-order valence-electron chi connectivity index (χ1n) is 4.89. The summed E-state index contributed by atoms with van der Waals surface area (Å²) in [4.78, 5) is 10.8. The quantitative estimate of drug-likeness (QED) is 0.642. The van der Waals surface area contributed by atoms with Gasteiger partial charge in [-0.1, -0.05) is 0 Å². The van der Waals surface area contributed by atoms with E-state index in [1.807, 2.05) is 13.8 Å². The second kappa shape index (κ2) is 4.14. The predicted octanol–water partition coefficient (Wildman–Crippen LogP) is 0.696. The van der Waals surface area contributed by atoms with Crippen molar-refractivity contribution in [2.75, 3.05) is 0 Å². The molecule has 0 spiro atoms. The van der Waals surface area contributed by atoms with Gasteiger partial charge in [0, 0.05) is 5.82 Å². The highest BCUT2D eigenvalue weighted by Gasteiger charge is 2.31. The van der Waals surface area contributed by atoms with Crippen LogP contribution in [0.3, 0.4) is 0 Å². The summed E-state index contributed by atoms with van der Waals surface area (Å²) in [6, 6.07) is 0. The lowest BCUT2D eigenvalue weighted by Gasteiger charge is -2.34. The SMILES string of the molecule is B[C@H](C(=O)O)C1C[C@@H](C)O[C@@H](C)C1. The van der Waals surface area contributed by atoms with Crippen molar-refractivity contribution >= 4 is 13.8 Å². The van der Waals surface area contributed by atoms with Crippen LogP contribution in [0.15, 0.2) is 0 Å².